The Bertz CT molecular complexity index is 1420. The van der Waals surface area contributed by atoms with Crippen LogP contribution in [0.1, 0.15) is 121 Å². The number of aliphatic carboxylic acids is 1. The number of carbonyl (C=O) groups excluding carboxylic acids is 5. The molecule has 4 aliphatic heterocycles. The smallest absolute Gasteiger partial charge is 0.411 e. The first-order chi connectivity index (χ1) is 24.0. The summed E-state index contributed by atoms with van der Waals surface area (Å²) in [5.41, 5.74) is -3.38. The van der Waals surface area contributed by atoms with Gasteiger partial charge in [0.25, 0.3) is 11.8 Å². The van der Waals surface area contributed by atoms with Crippen molar-refractivity contribution < 1.29 is 53.6 Å². The molecule has 0 bridgehead atoms. The summed E-state index contributed by atoms with van der Waals surface area (Å²) in [4.78, 5) is 81.3. The van der Waals surface area contributed by atoms with Crippen LogP contribution in [0.5, 0.6) is 0 Å². The molecule has 4 amide bonds. The number of amides is 4. The van der Waals surface area contributed by atoms with E-state index in [2.05, 4.69) is 0 Å². The minimum atomic E-state index is -1.30. The molecule has 15 heteroatoms. The van der Waals surface area contributed by atoms with Crippen LogP contribution in [-0.4, -0.2) is 142 Å². The Morgan fingerprint density at radius 1 is 0.712 bits per heavy atom. The highest BCUT2D eigenvalue weighted by atomic mass is 16.6. The average molecular weight is 737 g/mol. The predicted molar refractivity (Wildman–Crippen MR) is 188 cm³/mol. The Hall–Kier alpha value is -3.46. The first-order valence-electron chi connectivity index (χ1n) is 18.7. The van der Waals surface area contributed by atoms with Crippen LogP contribution in [0.4, 0.5) is 9.59 Å². The summed E-state index contributed by atoms with van der Waals surface area (Å²) in [6.45, 7) is 17.0. The van der Waals surface area contributed by atoms with Crippen LogP contribution in [-0.2, 0) is 28.7 Å². The number of ketones is 1. The number of likely N-dealkylation sites (tertiary alicyclic amines) is 4. The van der Waals surface area contributed by atoms with E-state index in [1.807, 2.05) is 20.8 Å². The second-order valence-electron chi connectivity index (χ2n) is 17.3. The molecule has 1 saturated carbocycles. The van der Waals surface area contributed by atoms with Crippen LogP contribution in [0.15, 0.2) is 0 Å². The molecular weight excluding hydrogens is 676 g/mol. The lowest BCUT2D eigenvalue weighted by Crippen LogP contribution is -2.81. The highest BCUT2D eigenvalue weighted by molar-refractivity contribution is 6.02. The van der Waals surface area contributed by atoms with Crippen LogP contribution in [0.2, 0.25) is 0 Å². The van der Waals surface area contributed by atoms with Crippen molar-refractivity contribution in [2.24, 2.45) is 5.92 Å². The van der Waals surface area contributed by atoms with Crippen molar-refractivity contribution >= 4 is 35.8 Å². The summed E-state index contributed by atoms with van der Waals surface area (Å²) in [7, 11) is 0. The van der Waals surface area contributed by atoms with E-state index in [4.69, 9.17) is 9.47 Å². The summed E-state index contributed by atoms with van der Waals surface area (Å²) in [5.74, 6) is -1.63. The van der Waals surface area contributed by atoms with E-state index >= 15 is 0 Å². The van der Waals surface area contributed by atoms with E-state index in [1.54, 1.807) is 53.4 Å². The van der Waals surface area contributed by atoms with E-state index < -0.39 is 71.1 Å². The molecule has 0 radical (unpaired) electrons. The van der Waals surface area contributed by atoms with Crippen molar-refractivity contribution in [3.8, 4) is 0 Å². The van der Waals surface area contributed by atoms with E-state index in [1.165, 1.54) is 9.80 Å². The molecule has 5 rings (SSSR count). The largest absolute Gasteiger partial charge is 0.480 e. The molecule has 6 unspecified atom stereocenters. The van der Waals surface area contributed by atoms with Crippen molar-refractivity contribution in [1.29, 1.82) is 0 Å². The minimum absolute atomic E-state index is 0.0721. The first kappa shape index (κ1) is 41.3. The fourth-order valence-electron chi connectivity index (χ4n) is 8.75. The van der Waals surface area contributed by atoms with E-state index in [0.29, 0.717) is 38.0 Å². The number of hydrogen-bond acceptors (Lipinski definition) is 10. The molecule has 294 valence electrons. The maximum Gasteiger partial charge on any atom is 0.411 e. The summed E-state index contributed by atoms with van der Waals surface area (Å²) in [6.07, 6.45) is 4.96. The normalized spacial score (nSPS) is 31.4. The molecule has 4 heterocycles. The molecule has 1 aliphatic carbocycles. The molecule has 0 aromatic heterocycles. The molecule has 5 fully saturated rings. The molecular formula is C37H60N4O11. The molecule has 15 nitrogen and oxygen atoms in total. The van der Waals surface area contributed by atoms with Gasteiger partial charge in [-0.2, -0.15) is 0 Å². The molecule has 8 atom stereocenters. The van der Waals surface area contributed by atoms with Crippen molar-refractivity contribution in [3.63, 3.8) is 0 Å². The third-order valence-electron chi connectivity index (χ3n) is 11.6. The Morgan fingerprint density at radius 3 is 1.38 bits per heavy atom. The van der Waals surface area contributed by atoms with Gasteiger partial charge < -0.3 is 34.6 Å². The van der Waals surface area contributed by atoms with Crippen LogP contribution >= 0.6 is 0 Å². The second kappa shape index (κ2) is 14.8. The Balaban J connectivity index is 0.000000236. The quantitative estimate of drug-likeness (QED) is 0.310. The summed E-state index contributed by atoms with van der Waals surface area (Å²) >= 11 is 0. The van der Waals surface area contributed by atoms with Crippen LogP contribution in [0.3, 0.4) is 0 Å². The second-order valence-corrected chi connectivity index (χ2v) is 17.3. The molecule has 4 saturated heterocycles. The van der Waals surface area contributed by atoms with Gasteiger partial charge in [0.05, 0.1) is 25.3 Å². The molecule has 52 heavy (non-hydrogen) atoms. The van der Waals surface area contributed by atoms with Crippen molar-refractivity contribution in [2.75, 3.05) is 13.2 Å². The number of rotatable bonds is 8. The summed E-state index contributed by atoms with van der Waals surface area (Å²) in [5, 5.41) is 28.4. The molecule has 2 spiro atoms. The standard InChI is InChI=1S/C21H34N2O5.C16H26N2O6/c1-13-9-10-21(23(13)19(27)28-20(3,4)5)14(2)22(18(21)26)16(12-24)17(25)11-15-7-6-8-15;1-9-6-7-16(18(9)14(23)24-15(3,4)5)10(2)17(13(16)22)11(8-19)12(20)21/h13-16,24H,6-12H2,1-5H3;9-11,19H,6-8H2,1-5H3,(H,20,21)/t13?,14?,16-,21?;9?,10?,11-,16?/m00/s1. The van der Waals surface area contributed by atoms with Crippen molar-refractivity contribution in [3.05, 3.63) is 0 Å². The minimum Gasteiger partial charge on any atom is -0.480 e. The first-order valence-corrected chi connectivity index (χ1v) is 18.7. The van der Waals surface area contributed by atoms with Crippen LogP contribution < -0.4 is 0 Å². The summed E-state index contributed by atoms with van der Waals surface area (Å²) in [6, 6.07) is -3.23. The van der Waals surface area contributed by atoms with E-state index in [9.17, 15) is 44.1 Å². The SMILES string of the molecule is CC1CCC2(C(=O)N([C@@H](CO)C(=O)CC3CCC3)C2C)N1C(=O)OC(C)(C)C.CC1CCC2(C(=O)N([C@@H](CO)C(=O)O)C2C)N1C(=O)OC(C)(C)C. The molecule has 5 aliphatic rings. The number of nitrogens with zero attached hydrogens (tertiary/aromatic N) is 4. The lowest BCUT2D eigenvalue weighted by molar-refractivity contribution is -0.185. The highest BCUT2D eigenvalue weighted by Crippen LogP contribution is 2.49. The lowest BCUT2D eigenvalue weighted by atomic mass is 9.74. The Kier molecular flexibility index (Phi) is 11.7. The number of carboxylic acid groups (broad SMARTS) is 1. The number of aliphatic hydroxyl groups is 2. The molecule has 0 aromatic rings. The third-order valence-corrected chi connectivity index (χ3v) is 11.6. The maximum atomic E-state index is 13.3. The molecule has 3 N–H and O–H groups in total. The number of carbonyl (C=O) groups is 6. The zero-order valence-corrected chi connectivity index (χ0v) is 32.5. The van der Waals surface area contributed by atoms with Gasteiger partial charge in [-0.25, -0.2) is 14.4 Å². The predicted octanol–water partition coefficient (Wildman–Crippen LogP) is 3.32. The van der Waals surface area contributed by atoms with Crippen LogP contribution in [0.25, 0.3) is 0 Å². The fourth-order valence-corrected chi connectivity index (χ4v) is 8.75. The van der Waals surface area contributed by atoms with Crippen molar-refractivity contribution in [2.45, 2.75) is 179 Å². The van der Waals surface area contributed by atoms with Gasteiger partial charge in [-0.3, -0.25) is 24.2 Å². The number of carboxylic acids is 1. The lowest BCUT2D eigenvalue weighted by Gasteiger charge is -2.58. The van der Waals surface area contributed by atoms with Gasteiger partial charge in [0.2, 0.25) is 0 Å². The van der Waals surface area contributed by atoms with Gasteiger partial charge >= 0.3 is 18.2 Å². The monoisotopic (exact) mass is 736 g/mol. The maximum absolute atomic E-state index is 13.3. The van der Waals surface area contributed by atoms with Gasteiger partial charge in [0.1, 0.15) is 28.3 Å². The number of hydrogen-bond donors (Lipinski definition) is 3. The van der Waals surface area contributed by atoms with E-state index in [0.717, 1.165) is 24.2 Å². The number of aliphatic hydroxyl groups excluding tert-OH is 2. The number of β-lactam (4-membered cyclic amide) rings is 2. The zero-order chi connectivity index (χ0) is 39.3. The van der Waals surface area contributed by atoms with Gasteiger partial charge in [-0.05, 0) is 101 Å². The van der Waals surface area contributed by atoms with Gasteiger partial charge in [-0.1, -0.05) is 19.3 Å². The number of ether oxygens (including phenoxy) is 2. The van der Waals surface area contributed by atoms with Gasteiger partial charge in [0.15, 0.2) is 11.8 Å². The average Bonchev–Trinajstić information content (AvgIpc) is 3.58. The Morgan fingerprint density at radius 2 is 1.10 bits per heavy atom. The van der Waals surface area contributed by atoms with Gasteiger partial charge in [-0.15, -0.1) is 0 Å². The van der Waals surface area contributed by atoms with Crippen LogP contribution in [0, 0.1) is 5.92 Å². The zero-order valence-electron chi connectivity index (χ0n) is 32.5. The topological polar surface area (TPSA) is 195 Å². The highest BCUT2D eigenvalue weighted by Gasteiger charge is 2.70. The van der Waals surface area contributed by atoms with Crippen molar-refractivity contribution in [1.82, 2.24) is 19.6 Å². The third kappa shape index (κ3) is 7.11. The molecule has 0 aromatic carbocycles. The Labute approximate surface area is 306 Å². The summed E-state index contributed by atoms with van der Waals surface area (Å²) < 4.78 is 11.0. The van der Waals surface area contributed by atoms with Gasteiger partial charge in [0, 0.05) is 18.5 Å². The van der Waals surface area contributed by atoms with E-state index in [-0.39, 0.29) is 36.4 Å². The fraction of sp³-hybridized carbons (Fsp3) is 0.838. The number of Topliss-reactive ketones (excluding diaryl/α,β-unsaturated/α-hetero) is 1.